The summed E-state index contributed by atoms with van der Waals surface area (Å²) < 4.78 is 1.82. The largest absolute Gasteiger partial charge is 0.320 e. The molecule has 4 rings (SSSR count). The molecule has 29 heavy (non-hydrogen) atoms. The summed E-state index contributed by atoms with van der Waals surface area (Å²) in [6, 6.07) is 19.8. The van der Waals surface area contributed by atoms with E-state index in [0.717, 1.165) is 40.3 Å². The SMILES string of the molecule is Cc1nn(C)c(C)c1-c1cc(C(=O)Nc2ccccc2Cc2ccccc2)[nH]n1. The first-order valence-electron chi connectivity index (χ1n) is 9.52. The second-order valence-electron chi connectivity index (χ2n) is 7.11. The lowest BCUT2D eigenvalue weighted by molar-refractivity contribution is 0.102. The third-order valence-electron chi connectivity index (χ3n) is 5.09. The number of benzene rings is 2. The standard InChI is InChI=1S/C23H23N5O/c1-15-22(16(2)28(3)27-15)20-14-21(26-25-20)23(29)24-19-12-8-7-11-18(19)13-17-9-5-4-6-10-17/h4-12,14H,13H2,1-3H3,(H,24,29)(H,25,26). The number of amides is 1. The molecule has 0 aliphatic rings. The van der Waals surface area contributed by atoms with Crippen LogP contribution >= 0.6 is 0 Å². The monoisotopic (exact) mass is 385 g/mol. The second-order valence-corrected chi connectivity index (χ2v) is 7.11. The van der Waals surface area contributed by atoms with Crippen LogP contribution in [0, 0.1) is 13.8 Å². The number of aromatic nitrogens is 4. The number of anilines is 1. The molecule has 0 unspecified atom stereocenters. The predicted molar refractivity (Wildman–Crippen MR) is 114 cm³/mol. The van der Waals surface area contributed by atoms with Crippen LogP contribution in [0.5, 0.6) is 0 Å². The number of aryl methyl sites for hydroxylation is 2. The molecule has 0 aliphatic heterocycles. The van der Waals surface area contributed by atoms with Crippen molar-refractivity contribution < 1.29 is 4.79 Å². The van der Waals surface area contributed by atoms with Gasteiger partial charge in [0.05, 0.1) is 11.4 Å². The number of hydrogen-bond acceptors (Lipinski definition) is 3. The minimum Gasteiger partial charge on any atom is -0.320 e. The molecule has 0 fully saturated rings. The summed E-state index contributed by atoms with van der Waals surface area (Å²) in [5.41, 5.74) is 7.03. The maximum absolute atomic E-state index is 12.8. The Labute approximate surface area is 169 Å². The number of carbonyl (C=O) groups is 1. The van der Waals surface area contributed by atoms with Crippen LogP contribution in [0.3, 0.4) is 0 Å². The molecule has 6 nitrogen and oxygen atoms in total. The van der Waals surface area contributed by atoms with Crippen molar-refractivity contribution in [1.82, 2.24) is 20.0 Å². The van der Waals surface area contributed by atoms with E-state index >= 15 is 0 Å². The van der Waals surface area contributed by atoms with Gasteiger partial charge in [0, 0.05) is 24.0 Å². The fourth-order valence-corrected chi connectivity index (χ4v) is 3.51. The first-order valence-corrected chi connectivity index (χ1v) is 9.52. The van der Waals surface area contributed by atoms with E-state index in [4.69, 9.17) is 0 Å². The van der Waals surface area contributed by atoms with Gasteiger partial charge in [-0.2, -0.15) is 10.2 Å². The lowest BCUT2D eigenvalue weighted by atomic mass is 10.0. The average Bonchev–Trinajstić information content (AvgIpc) is 3.29. The van der Waals surface area contributed by atoms with Crippen molar-refractivity contribution >= 4 is 11.6 Å². The normalized spacial score (nSPS) is 10.9. The molecule has 0 bridgehead atoms. The van der Waals surface area contributed by atoms with Gasteiger partial charge in [-0.1, -0.05) is 48.5 Å². The molecule has 0 atom stereocenters. The quantitative estimate of drug-likeness (QED) is 0.539. The number of rotatable bonds is 5. The molecule has 6 heteroatoms. The zero-order valence-corrected chi connectivity index (χ0v) is 16.7. The number of hydrogen-bond donors (Lipinski definition) is 2. The van der Waals surface area contributed by atoms with E-state index in [1.807, 2.05) is 68.0 Å². The summed E-state index contributed by atoms with van der Waals surface area (Å²) in [6.45, 7) is 3.93. The number of nitrogens with one attached hydrogen (secondary N) is 2. The first-order chi connectivity index (χ1) is 14.0. The van der Waals surface area contributed by atoms with Gasteiger partial charge in [-0.3, -0.25) is 14.6 Å². The molecule has 2 aromatic carbocycles. The summed E-state index contributed by atoms with van der Waals surface area (Å²) in [4.78, 5) is 12.8. The van der Waals surface area contributed by atoms with Gasteiger partial charge in [0.2, 0.25) is 0 Å². The molecule has 2 N–H and O–H groups in total. The molecular weight excluding hydrogens is 362 g/mol. The summed E-state index contributed by atoms with van der Waals surface area (Å²) >= 11 is 0. The highest BCUT2D eigenvalue weighted by Gasteiger charge is 2.18. The zero-order valence-electron chi connectivity index (χ0n) is 16.7. The van der Waals surface area contributed by atoms with E-state index in [-0.39, 0.29) is 5.91 Å². The van der Waals surface area contributed by atoms with E-state index in [0.29, 0.717) is 5.69 Å². The molecule has 0 aliphatic carbocycles. The maximum atomic E-state index is 12.8. The molecule has 1 amide bonds. The van der Waals surface area contributed by atoms with Crippen LogP contribution in [0.25, 0.3) is 11.3 Å². The van der Waals surface area contributed by atoms with Crippen molar-refractivity contribution in [3.63, 3.8) is 0 Å². The van der Waals surface area contributed by atoms with Gasteiger partial charge >= 0.3 is 0 Å². The Morgan fingerprint density at radius 1 is 1.07 bits per heavy atom. The summed E-state index contributed by atoms with van der Waals surface area (Å²) in [5, 5.41) is 14.6. The molecule has 2 heterocycles. The molecule has 146 valence electrons. The van der Waals surface area contributed by atoms with Crippen LogP contribution in [0.2, 0.25) is 0 Å². The van der Waals surface area contributed by atoms with Crippen LogP contribution in [0.15, 0.2) is 60.7 Å². The van der Waals surface area contributed by atoms with Crippen LogP contribution < -0.4 is 5.32 Å². The summed E-state index contributed by atoms with van der Waals surface area (Å²) in [7, 11) is 1.90. The van der Waals surface area contributed by atoms with Crippen molar-refractivity contribution in [2.75, 3.05) is 5.32 Å². The molecule has 0 saturated heterocycles. The van der Waals surface area contributed by atoms with Crippen LogP contribution in [-0.2, 0) is 13.5 Å². The van der Waals surface area contributed by atoms with E-state index < -0.39 is 0 Å². The molecule has 4 aromatic rings. The Morgan fingerprint density at radius 2 is 1.79 bits per heavy atom. The molecular formula is C23H23N5O. The van der Waals surface area contributed by atoms with Gasteiger partial charge in [0.25, 0.3) is 5.91 Å². The van der Waals surface area contributed by atoms with Gasteiger partial charge in [-0.05, 0) is 43.5 Å². The van der Waals surface area contributed by atoms with Crippen LogP contribution in [0.4, 0.5) is 5.69 Å². The smallest absolute Gasteiger partial charge is 0.273 e. The minimum atomic E-state index is -0.219. The van der Waals surface area contributed by atoms with Gasteiger partial charge in [0.15, 0.2) is 0 Å². The van der Waals surface area contributed by atoms with E-state index in [1.54, 1.807) is 6.07 Å². The van der Waals surface area contributed by atoms with Crippen LogP contribution in [0.1, 0.15) is 33.0 Å². The van der Waals surface area contributed by atoms with Crippen molar-refractivity contribution in [3.8, 4) is 11.3 Å². The fraction of sp³-hybridized carbons (Fsp3) is 0.174. The van der Waals surface area contributed by atoms with Crippen molar-refractivity contribution in [2.24, 2.45) is 7.05 Å². The highest BCUT2D eigenvalue weighted by molar-refractivity contribution is 6.04. The summed E-state index contributed by atoms with van der Waals surface area (Å²) in [6.07, 6.45) is 0.750. The number of H-pyrrole nitrogens is 1. The lowest BCUT2D eigenvalue weighted by Crippen LogP contribution is -2.13. The maximum Gasteiger partial charge on any atom is 0.273 e. The number of carbonyl (C=O) groups excluding carboxylic acids is 1. The number of nitrogens with zero attached hydrogens (tertiary/aromatic N) is 3. The van der Waals surface area contributed by atoms with Crippen molar-refractivity contribution in [3.05, 3.63) is 88.9 Å². The lowest BCUT2D eigenvalue weighted by Gasteiger charge is -2.10. The van der Waals surface area contributed by atoms with Crippen LogP contribution in [-0.4, -0.2) is 25.9 Å². The first kappa shape index (κ1) is 18.7. The Morgan fingerprint density at radius 3 is 2.52 bits per heavy atom. The van der Waals surface area contributed by atoms with E-state index in [9.17, 15) is 4.79 Å². The van der Waals surface area contributed by atoms with Gasteiger partial charge in [-0.15, -0.1) is 0 Å². The van der Waals surface area contributed by atoms with Crippen molar-refractivity contribution in [1.29, 1.82) is 0 Å². The average molecular weight is 385 g/mol. The molecule has 0 saturated carbocycles. The van der Waals surface area contributed by atoms with Gasteiger partial charge in [0.1, 0.15) is 5.69 Å². The number of aromatic amines is 1. The second kappa shape index (κ2) is 7.75. The molecule has 0 radical (unpaired) electrons. The molecule has 2 aromatic heterocycles. The predicted octanol–water partition coefficient (Wildman–Crippen LogP) is 4.27. The van der Waals surface area contributed by atoms with Gasteiger partial charge < -0.3 is 5.32 Å². The number of para-hydroxylation sites is 1. The Balaban J connectivity index is 1.56. The van der Waals surface area contributed by atoms with Crippen molar-refractivity contribution in [2.45, 2.75) is 20.3 Å². The topological polar surface area (TPSA) is 75.6 Å². The fourth-order valence-electron chi connectivity index (χ4n) is 3.51. The zero-order chi connectivity index (χ0) is 20.4. The highest BCUT2D eigenvalue weighted by atomic mass is 16.1. The summed E-state index contributed by atoms with van der Waals surface area (Å²) in [5.74, 6) is -0.219. The Bertz CT molecular complexity index is 1160. The third-order valence-corrected chi connectivity index (χ3v) is 5.09. The highest BCUT2D eigenvalue weighted by Crippen LogP contribution is 2.26. The molecule has 0 spiro atoms. The minimum absolute atomic E-state index is 0.219. The van der Waals surface area contributed by atoms with Gasteiger partial charge in [-0.25, -0.2) is 0 Å². The third kappa shape index (κ3) is 3.82. The Kier molecular flexibility index (Phi) is 4.99. The van der Waals surface area contributed by atoms with E-state index in [2.05, 4.69) is 32.7 Å². The van der Waals surface area contributed by atoms with E-state index in [1.165, 1.54) is 5.56 Å². The Hall–Kier alpha value is -3.67.